The van der Waals surface area contributed by atoms with Gasteiger partial charge in [0, 0.05) is 26.3 Å². The van der Waals surface area contributed by atoms with Crippen LogP contribution in [-0.4, -0.2) is 0 Å². The standard InChI is InChI=1S/C24H20BrOP/c25-21-15-11-19(12-16-21)20-13-17-24(18-14-20)27(26,22-7-3-1-4-8-22)23-9-5-2-6-10-23/h1-11,13-19H,12H2. The third-order valence-corrected chi connectivity index (χ3v) is 8.64. The molecule has 0 aromatic heterocycles. The molecule has 1 aliphatic carbocycles. The van der Waals surface area contributed by atoms with Crippen molar-refractivity contribution in [2.75, 3.05) is 0 Å². The Kier molecular flexibility index (Phi) is 5.29. The quantitative estimate of drug-likeness (QED) is 0.485. The summed E-state index contributed by atoms with van der Waals surface area (Å²) in [5.41, 5.74) is 1.25. The molecule has 1 atom stereocenters. The molecule has 3 aromatic carbocycles. The molecule has 0 spiro atoms. The van der Waals surface area contributed by atoms with Crippen LogP contribution < -0.4 is 15.9 Å². The largest absolute Gasteiger partial charge is 0.309 e. The lowest BCUT2D eigenvalue weighted by Crippen LogP contribution is -2.25. The Morgan fingerprint density at radius 3 is 1.74 bits per heavy atom. The Balaban J connectivity index is 1.76. The predicted octanol–water partition coefficient (Wildman–Crippen LogP) is 5.65. The zero-order valence-corrected chi connectivity index (χ0v) is 17.3. The molecular formula is C24H20BrOP. The first-order valence-corrected chi connectivity index (χ1v) is 11.5. The third-order valence-electron chi connectivity index (χ3n) is 4.98. The van der Waals surface area contributed by atoms with E-state index in [1.807, 2.05) is 72.8 Å². The molecule has 3 aromatic rings. The second-order valence-corrected chi connectivity index (χ2v) is 10.3. The average molecular weight is 435 g/mol. The zero-order valence-electron chi connectivity index (χ0n) is 14.8. The maximum Gasteiger partial charge on any atom is 0.171 e. The van der Waals surface area contributed by atoms with Crippen molar-refractivity contribution in [3.8, 4) is 0 Å². The fraction of sp³-hybridized carbons (Fsp3) is 0.0833. The molecule has 3 heteroatoms. The fourth-order valence-electron chi connectivity index (χ4n) is 3.50. The minimum Gasteiger partial charge on any atom is -0.309 e. The highest BCUT2D eigenvalue weighted by Gasteiger charge is 2.29. The van der Waals surface area contributed by atoms with Gasteiger partial charge in [0.05, 0.1) is 0 Å². The van der Waals surface area contributed by atoms with Crippen molar-refractivity contribution in [1.29, 1.82) is 0 Å². The highest BCUT2D eigenvalue weighted by atomic mass is 79.9. The zero-order chi connectivity index (χ0) is 18.7. The summed E-state index contributed by atoms with van der Waals surface area (Å²) >= 11 is 3.52. The van der Waals surface area contributed by atoms with E-state index in [9.17, 15) is 4.57 Å². The van der Waals surface area contributed by atoms with Gasteiger partial charge in [-0.25, -0.2) is 0 Å². The van der Waals surface area contributed by atoms with Crippen LogP contribution in [-0.2, 0) is 4.57 Å². The molecule has 0 aliphatic heterocycles. The summed E-state index contributed by atoms with van der Waals surface area (Å²) in [6.07, 6.45) is 7.48. The van der Waals surface area contributed by atoms with Crippen LogP contribution in [0.3, 0.4) is 0 Å². The van der Waals surface area contributed by atoms with Gasteiger partial charge in [-0.1, -0.05) is 119 Å². The molecule has 0 saturated carbocycles. The lowest BCUT2D eigenvalue weighted by Gasteiger charge is -2.21. The molecule has 0 fully saturated rings. The Hall–Kier alpha value is -2.15. The summed E-state index contributed by atoms with van der Waals surface area (Å²) in [4.78, 5) is 0. The molecule has 0 saturated heterocycles. The molecule has 4 rings (SSSR count). The van der Waals surface area contributed by atoms with Crippen molar-refractivity contribution in [1.82, 2.24) is 0 Å². The van der Waals surface area contributed by atoms with Gasteiger partial charge in [-0.05, 0) is 12.0 Å². The number of halogens is 1. The molecule has 134 valence electrons. The van der Waals surface area contributed by atoms with E-state index < -0.39 is 7.14 Å². The second-order valence-electron chi connectivity index (χ2n) is 6.66. The van der Waals surface area contributed by atoms with Crippen molar-refractivity contribution < 1.29 is 4.57 Å². The molecule has 0 heterocycles. The fourth-order valence-corrected chi connectivity index (χ4v) is 6.48. The van der Waals surface area contributed by atoms with Crippen LogP contribution in [0.15, 0.2) is 108 Å². The third kappa shape index (κ3) is 3.65. The van der Waals surface area contributed by atoms with Crippen molar-refractivity contribution in [2.45, 2.75) is 12.3 Å². The number of benzene rings is 3. The average Bonchev–Trinajstić information content (AvgIpc) is 2.75. The summed E-state index contributed by atoms with van der Waals surface area (Å²) < 4.78 is 15.5. The van der Waals surface area contributed by atoms with Crippen molar-refractivity contribution in [2.24, 2.45) is 0 Å². The van der Waals surface area contributed by atoms with Gasteiger partial charge < -0.3 is 4.57 Å². The van der Waals surface area contributed by atoms with E-state index in [0.29, 0.717) is 5.92 Å². The number of hydrogen-bond acceptors (Lipinski definition) is 1. The number of allylic oxidation sites excluding steroid dienone is 4. The van der Waals surface area contributed by atoms with Gasteiger partial charge in [0.25, 0.3) is 0 Å². The molecule has 0 amide bonds. The summed E-state index contributed by atoms with van der Waals surface area (Å²) in [6.45, 7) is 0. The van der Waals surface area contributed by atoms with Crippen molar-refractivity contribution in [3.05, 3.63) is 113 Å². The summed E-state index contributed by atoms with van der Waals surface area (Å²) in [5, 5.41) is 2.61. The van der Waals surface area contributed by atoms with Gasteiger partial charge in [-0.2, -0.15) is 0 Å². The van der Waals surface area contributed by atoms with Crippen LogP contribution in [0.1, 0.15) is 17.9 Å². The van der Waals surface area contributed by atoms with Crippen LogP contribution in [0.5, 0.6) is 0 Å². The van der Waals surface area contributed by atoms with Crippen LogP contribution in [0.2, 0.25) is 0 Å². The molecule has 27 heavy (non-hydrogen) atoms. The molecule has 1 nitrogen and oxygen atoms in total. The monoisotopic (exact) mass is 434 g/mol. The number of hydrogen-bond donors (Lipinski definition) is 0. The van der Waals surface area contributed by atoms with Gasteiger partial charge in [0.15, 0.2) is 7.14 Å². The predicted molar refractivity (Wildman–Crippen MR) is 119 cm³/mol. The van der Waals surface area contributed by atoms with Crippen LogP contribution in [0.25, 0.3) is 0 Å². The molecular weight excluding hydrogens is 415 g/mol. The van der Waals surface area contributed by atoms with Gasteiger partial charge in [0.1, 0.15) is 0 Å². The Morgan fingerprint density at radius 2 is 1.26 bits per heavy atom. The second kappa shape index (κ2) is 7.84. The van der Waals surface area contributed by atoms with Crippen molar-refractivity contribution in [3.63, 3.8) is 0 Å². The van der Waals surface area contributed by atoms with E-state index in [1.165, 1.54) is 5.56 Å². The van der Waals surface area contributed by atoms with E-state index in [2.05, 4.69) is 46.3 Å². The van der Waals surface area contributed by atoms with Gasteiger partial charge >= 0.3 is 0 Å². The first-order chi connectivity index (χ1) is 13.2. The van der Waals surface area contributed by atoms with Crippen LogP contribution in [0, 0.1) is 0 Å². The smallest absolute Gasteiger partial charge is 0.171 e. The minimum absolute atomic E-state index is 0.369. The van der Waals surface area contributed by atoms with E-state index >= 15 is 0 Å². The highest BCUT2D eigenvalue weighted by molar-refractivity contribution is 9.11. The molecule has 0 N–H and O–H groups in total. The van der Waals surface area contributed by atoms with E-state index in [-0.39, 0.29) is 0 Å². The molecule has 0 bridgehead atoms. The summed E-state index contributed by atoms with van der Waals surface area (Å²) in [7, 11) is -2.88. The molecule has 1 aliphatic rings. The first kappa shape index (κ1) is 18.2. The Morgan fingerprint density at radius 1 is 0.741 bits per heavy atom. The van der Waals surface area contributed by atoms with E-state index in [4.69, 9.17) is 0 Å². The minimum atomic E-state index is -2.88. The van der Waals surface area contributed by atoms with Crippen molar-refractivity contribution >= 4 is 39.0 Å². The van der Waals surface area contributed by atoms with Crippen LogP contribution >= 0.6 is 23.1 Å². The topological polar surface area (TPSA) is 17.1 Å². The number of rotatable bonds is 4. The first-order valence-electron chi connectivity index (χ1n) is 9.03. The normalized spacial score (nSPS) is 16.8. The lowest BCUT2D eigenvalue weighted by molar-refractivity contribution is 0.592. The maximum atomic E-state index is 14.3. The van der Waals surface area contributed by atoms with Gasteiger partial charge in [-0.15, -0.1) is 0 Å². The maximum absolute atomic E-state index is 14.3. The summed E-state index contributed by atoms with van der Waals surface area (Å²) in [5.74, 6) is 0.369. The highest BCUT2D eigenvalue weighted by Crippen LogP contribution is 2.42. The van der Waals surface area contributed by atoms with Gasteiger partial charge in [0.2, 0.25) is 0 Å². The SMILES string of the molecule is O=P(c1ccccc1)(c1ccccc1)c1ccc(C2C=CC(Br)=CC2)cc1. The van der Waals surface area contributed by atoms with E-state index in [0.717, 1.165) is 26.8 Å². The molecule has 0 radical (unpaired) electrons. The molecule has 1 unspecified atom stereocenters. The lowest BCUT2D eigenvalue weighted by atomic mass is 9.93. The Bertz CT molecular complexity index is 977. The Labute approximate surface area is 169 Å². The van der Waals surface area contributed by atoms with Crippen LogP contribution in [0.4, 0.5) is 0 Å². The summed E-state index contributed by atoms with van der Waals surface area (Å²) in [6, 6.07) is 27.9. The van der Waals surface area contributed by atoms with E-state index in [1.54, 1.807) is 0 Å². The van der Waals surface area contributed by atoms with Gasteiger partial charge in [-0.3, -0.25) is 0 Å².